The third kappa shape index (κ3) is 5.94. The molecule has 0 spiro atoms. The van der Waals surface area contributed by atoms with Crippen LogP contribution in [0.5, 0.6) is 0 Å². The smallest absolute Gasteiger partial charge is 0.238 e. The minimum atomic E-state index is -3.67. The molecule has 1 aromatic rings. The van der Waals surface area contributed by atoms with Crippen LogP contribution in [0.2, 0.25) is 0 Å². The number of sulfonamides is 1. The molecule has 3 rings (SSSR count). The Hall–Kier alpha value is -1.62. The number of carbonyl (C=O) groups is 1. The van der Waals surface area contributed by atoms with Crippen molar-refractivity contribution in [1.29, 1.82) is 0 Å². The molecule has 3 N–H and O–H groups in total. The maximum atomic E-state index is 12.2. The van der Waals surface area contributed by atoms with Gasteiger partial charge in [-0.15, -0.1) is 0 Å². The minimum absolute atomic E-state index is 0.0100. The Morgan fingerprint density at radius 1 is 1.25 bits per heavy atom. The molecule has 0 bridgehead atoms. The monoisotopic (exact) mass is 425 g/mol. The zero-order valence-corrected chi connectivity index (χ0v) is 17.6. The molecule has 10 heteroatoms. The van der Waals surface area contributed by atoms with Gasteiger partial charge in [0.25, 0.3) is 0 Å². The van der Waals surface area contributed by atoms with E-state index in [0.717, 1.165) is 43.5 Å². The van der Waals surface area contributed by atoms with Gasteiger partial charge in [-0.1, -0.05) is 30.8 Å². The fourth-order valence-electron chi connectivity index (χ4n) is 3.18. The number of carbonyl (C=O) groups excluding carboxylic acids is 1. The highest BCUT2D eigenvalue weighted by Gasteiger charge is 2.25. The first-order chi connectivity index (χ1) is 13.3. The maximum Gasteiger partial charge on any atom is 0.238 e. The number of amidine groups is 1. The van der Waals surface area contributed by atoms with Gasteiger partial charge in [-0.2, -0.15) is 0 Å². The molecule has 2 heterocycles. The molecule has 0 aliphatic carbocycles. The third-order valence-electron chi connectivity index (χ3n) is 4.79. The lowest BCUT2D eigenvalue weighted by molar-refractivity contribution is -0.122. The van der Waals surface area contributed by atoms with Gasteiger partial charge in [0.05, 0.1) is 18.0 Å². The molecule has 0 aromatic heterocycles. The highest BCUT2D eigenvalue weighted by Crippen LogP contribution is 2.23. The molecular weight excluding hydrogens is 398 g/mol. The van der Waals surface area contributed by atoms with Crippen LogP contribution in [0.3, 0.4) is 0 Å². The summed E-state index contributed by atoms with van der Waals surface area (Å²) in [4.78, 5) is 21.3. The van der Waals surface area contributed by atoms with Crippen LogP contribution in [0, 0.1) is 0 Å². The number of thioether (sulfide) groups is 1. The summed E-state index contributed by atoms with van der Waals surface area (Å²) >= 11 is 1.84. The summed E-state index contributed by atoms with van der Waals surface area (Å²) in [6.07, 6.45) is 0.639. The van der Waals surface area contributed by atoms with Gasteiger partial charge in [0.15, 0.2) is 5.17 Å². The van der Waals surface area contributed by atoms with Crippen molar-refractivity contribution >= 4 is 32.9 Å². The summed E-state index contributed by atoms with van der Waals surface area (Å²) in [5.74, 6) is 0.0100. The van der Waals surface area contributed by atoms with Crippen molar-refractivity contribution < 1.29 is 13.2 Å². The van der Waals surface area contributed by atoms with Crippen molar-refractivity contribution in [1.82, 2.24) is 15.1 Å². The van der Waals surface area contributed by atoms with Crippen LogP contribution in [0.15, 0.2) is 34.2 Å². The van der Waals surface area contributed by atoms with Crippen molar-refractivity contribution in [3.63, 3.8) is 0 Å². The van der Waals surface area contributed by atoms with E-state index in [0.29, 0.717) is 24.8 Å². The number of rotatable bonds is 6. The SMILES string of the molecule is C[C@H]1CN=C(N2CCN(CC(=O)NCCc3ccc(S(N)(=O)=O)cc3)CC2)S1. The topological polar surface area (TPSA) is 108 Å². The van der Waals surface area contributed by atoms with E-state index >= 15 is 0 Å². The van der Waals surface area contributed by atoms with Gasteiger partial charge < -0.3 is 10.2 Å². The van der Waals surface area contributed by atoms with E-state index in [1.54, 1.807) is 12.1 Å². The quantitative estimate of drug-likeness (QED) is 0.669. The van der Waals surface area contributed by atoms with Gasteiger partial charge in [0, 0.05) is 38.0 Å². The van der Waals surface area contributed by atoms with Crippen LogP contribution in [0.1, 0.15) is 12.5 Å². The summed E-state index contributed by atoms with van der Waals surface area (Å²) in [7, 11) is -3.67. The molecule has 0 saturated carbocycles. The third-order valence-corrected chi connectivity index (χ3v) is 6.87. The summed E-state index contributed by atoms with van der Waals surface area (Å²) in [6, 6.07) is 6.41. The molecule has 0 radical (unpaired) electrons. The van der Waals surface area contributed by atoms with E-state index in [2.05, 4.69) is 27.0 Å². The van der Waals surface area contributed by atoms with Gasteiger partial charge in [0.1, 0.15) is 0 Å². The first kappa shape index (κ1) is 21.1. The number of amides is 1. The van der Waals surface area contributed by atoms with Crippen LogP contribution in [-0.4, -0.2) is 80.4 Å². The molecule has 0 unspecified atom stereocenters. The van der Waals surface area contributed by atoms with Crippen molar-refractivity contribution in [2.75, 3.05) is 45.8 Å². The van der Waals surface area contributed by atoms with Crippen LogP contribution in [0.4, 0.5) is 0 Å². The second kappa shape index (κ2) is 9.25. The van der Waals surface area contributed by atoms with E-state index in [9.17, 15) is 13.2 Å². The number of aliphatic imine (C=N–C) groups is 1. The fraction of sp³-hybridized carbons (Fsp3) is 0.556. The van der Waals surface area contributed by atoms with E-state index in [4.69, 9.17) is 5.14 Å². The number of hydrogen-bond acceptors (Lipinski definition) is 7. The van der Waals surface area contributed by atoms with Crippen molar-refractivity contribution in [2.45, 2.75) is 23.5 Å². The Balaban J connectivity index is 1.35. The average Bonchev–Trinajstić information content (AvgIpc) is 3.08. The number of piperazine rings is 1. The Kier molecular flexibility index (Phi) is 6.97. The number of nitrogens with two attached hydrogens (primary N) is 1. The zero-order chi connectivity index (χ0) is 20.1. The van der Waals surface area contributed by atoms with Crippen molar-refractivity contribution in [3.05, 3.63) is 29.8 Å². The van der Waals surface area contributed by atoms with E-state index in [-0.39, 0.29) is 10.8 Å². The second-order valence-corrected chi connectivity index (χ2v) is 10.1. The van der Waals surface area contributed by atoms with Crippen LogP contribution >= 0.6 is 11.8 Å². The summed E-state index contributed by atoms with van der Waals surface area (Å²) in [6.45, 7) is 7.52. The Bertz CT molecular complexity index is 818. The number of nitrogens with zero attached hydrogens (tertiary/aromatic N) is 3. The van der Waals surface area contributed by atoms with Gasteiger partial charge in [-0.05, 0) is 24.1 Å². The predicted molar refractivity (Wildman–Crippen MR) is 112 cm³/mol. The average molecular weight is 426 g/mol. The van der Waals surface area contributed by atoms with Gasteiger partial charge >= 0.3 is 0 Å². The largest absolute Gasteiger partial charge is 0.355 e. The Morgan fingerprint density at radius 3 is 2.50 bits per heavy atom. The fourth-order valence-corrected chi connectivity index (χ4v) is 4.69. The summed E-state index contributed by atoms with van der Waals surface area (Å²) < 4.78 is 22.5. The van der Waals surface area contributed by atoms with Crippen molar-refractivity contribution in [3.8, 4) is 0 Å². The molecule has 8 nitrogen and oxygen atoms in total. The van der Waals surface area contributed by atoms with Gasteiger partial charge in [0.2, 0.25) is 15.9 Å². The summed E-state index contributed by atoms with van der Waals surface area (Å²) in [5, 5.41) is 9.72. The molecule has 1 fully saturated rings. The first-order valence-corrected chi connectivity index (χ1v) is 11.8. The Morgan fingerprint density at radius 2 is 1.93 bits per heavy atom. The zero-order valence-electron chi connectivity index (χ0n) is 16.0. The lowest BCUT2D eigenvalue weighted by Crippen LogP contribution is -2.50. The lowest BCUT2D eigenvalue weighted by atomic mass is 10.1. The normalized spacial score (nSPS) is 20.9. The van der Waals surface area contributed by atoms with E-state index in [1.807, 2.05) is 11.8 Å². The molecular formula is C18H27N5O3S2. The van der Waals surface area contributed by atoms with Crippen LogP contribution in [-0.2, 0) is 21.2 Å². The molecule has 1 amide bonds. The number of primary sulfonamides is 1. The highest BCUT2D eigenvalue weighted by molar-refractivity contribution is 8.14. The predicted octanol–water partition coefficient (Wildman–Crippen LogP) is 0.102. The van der Waals surface area contributed by atoms with E-state index < -0.39 is 10.0 Å². The summed E-state index contributed by atoms with van der Waals surface area (Å²) in [5.41, 5.74) is 0.949. The van der Waals surface area contributed by atoms with Gasteiger partial charge in [-0.3, -0.25) is 14.7 Å². The number of benzene rings is 1. The minimum Gasteiger partial charge on any atom is -0.355 e. The standard InChI is InChI=1S/C18H27N5O3S2/c1-14-12-21-18(27-14)23-10-8-22(9-11-23)13-17(24)20-7-6-15-2-4-16(5-3-15)28(19,25)26/h2-5,14H,6-13H2,1H3,(H,20,24)(H2,19,25,26)/t14-/m0/s1. The molecule has 2 aliphatic rings. The molecule has 154 valence electrons. The number of nitrogens with one attached hydrogen (secondary N) is 1. The molecule has 28 heavy (non-hydrogen) atoms. The highest BCUT2D eigenvalue weighted by atomic mass is 32.2. The first-order valence-electron chi connectivity index (χ1n) is 9.38. The Labute approximate surface area is 170 Å². The number of hydrogen-bond donors (Lipinski definition) is 2. The molecule has 1 aromatic carbocycles. The van der Waals surface area contributed by atoms with Gasteiger partial charge in [-0.25, -0.2) is 13.6 Å². The lowest BCUT2D eigenvalue weighted by Gasteiger charge is -2.35. The van der Waals surface area contributed by atoms with Crippen LogP contribution < -0.4 is 10.5 Å². The van der Waals surface area contributed by atoms with Crippen LogP contribution in [0.25, 0.3) is 0 Å². The molecule has 1 saturated heterocycles. The molecule has 2 aliphatic heterocycles. The van der Waals surface area contributed by atoms with E-state index in [1.165, 1.54) is 12.1 Å². The maximum absolute atomic E-state index is 12.2. The molecule has 1 atom stereocenters. The second-order valence-electron chi connectivity index (χ2n) is 7.10. The van der Waals surface area contributed by atoms with Crippen molar-refractivity contribution in [2.24, 2.45) is 10.1 Å².